The van der Waals surface area contributed by atoms with Gasteiger partial charge in [-0.3, -0.25) is 9.59 Å². The maximum atomic E-state index is 13.4. The van der Waals surface area contributed by atoms with Crippen molar-refractivity contribution in [2.75, 3.05) is 32.8 Å². The average Bonchev–Trinajstić information content (AvgIpc) is 2.94. The number of halogens is 1. The van der Waals surface area contributed by atoms with Crippen molar-refractivity contribution >= 4 is 11.8 Å². The lowest BCUT2D eigenvalue weighted by Gasteiger charge is -2.22. The number of rotatable bonds is 4. The molecular weight excluding hydrogens is 359 g/mol. The van der Waals surface area contributed by atoms with E-state index >= 15 is 0 Å². The van der Waals surface area contributed by atoms with Crippen molar-refractivity contribution < 1.29 is 18.7 Å². The smallest absolute Gasteiger partial charge is 0.260 e. The first-order valence-corrected chi connectivity index (χ1v) is 9.47. The molecule has 1 fully saturated rings. The first kappa shape index (κ1) is 19.9. The molecule has 2 amide bonds. The van der Waals surface area contributed by atoms with E-state index in [9.17, 15) is 14.0 Å². The van der Waals surface area contributed by atoms with Crippen LogP contribution in [-0.2, 0) is 4.79 Å². The lowest BCUT2D eigenvalue weighted by Crippen LogP contribution is -2.39. The van der Waals surface area contributed by atoms with Gasteiger partial charge in [-0.15, -0.1) is 0 Å². The molecule has 1 aliphatic rings. The summed E-state index contributed by atoms with van der Waals surface area (Å²) >= 11 is 0. The second kappa shape index (κ2) is 8.87. The van der Waals surface area contributed by atoms with Crippen molar-refractivity contribution in [3.63, 3.8) is 0 Å². The summed E-state index contributed by atoms with van der Waals surface area (Å²) in [6.07, 6.45) is 0.677. The predicted octanol–water partition coefficient (Wildman–Crippen LogP) is 3.20. The van der Waals surface area contributed by atoms with Gasteiger partial charge in [0.2, 0.25) is 0 Å². The van der Waals surface area contributed by atoms with Gasteiger partial charge in [0.25, 0.3) is 11.8 Å². The molecule has 148 valence electrons. The van der Waals surface area contributed by atoms with Crippen LogP contribution in [0, 0.1) is 19.7 Å². The van der Waals surface area contributed by atoms with E-state index < -0.39 is 5.82 Å². The fourth-order valence-electron chi connectivity index (χ4n) is 3.29. The van der Waals surface area contributed by atoms with Gasteiger partial charge in [-0.25, -0.2) is 4.39 Å². The highest BCUT2D eigenvalue weighted by Crippen LogP contribution is 2.20. The van der Waals surface area contributed by atoms with Crippen LogP contribution in [0.5, 0.6) is 5.75 Å². The number of ether oxygens (including phenoxy) is 1. The first-order valence-electron chi connectivity index (χ1n) is 9.47. The maximum Gasteiger partial charge on any atom is 0.260 e. The van der Waals surface area contributed by atoms with Crippen LogP contribution in [0.3, 0.4) is 0 Å². The van der Waals surface area contributed by atoms with Gasteiger partial charge in [-0.1, -0.05) is 18.2 Å². The fraction of sp³-hybridized carbons (Fsp3) is 0.364. The van der Waals surface area contributed by atoms with Gasteiger partial charge in [0.15, 0.2) is 6.61 Å². The zero-order valence-electron chi connectivity index (χ0n) is 16.3. The number of aryl methyl sites for hydroxylation is 1. The van der Waals surface area contributed by atoms with Crippen molar-refractivity contribution in [2.24, 2.45) is 0 Å². The van der Waals surface area contributed by atoms with Crippen LogP contribution in [-0.4, -0.2) is 54.4 Å². The summed E-state index contributed by atoms with van der Waals surface area (Å²) < 4.78 is 19.1. The molecule has 0 radical (unpaired) electrons. The molecule has 1 aliphatic heterocycles. The van der Waals surface area contributed by atoms with E-state index in [1.54, 1.807) is 15.9 Å². The van der Waals surface area contributed by atoms with Crippen LogP contribution in [0.25, 0.3) is 0 Å². The lowest BCUT2D eigenvalue weighted by atomic mass is 10.1. The Labute approximate surface area is 164 Å². The molecule has 1 heterocycles. The second-order valence-electron chi connectivity index (χ2n) is 7.02. The third kappa shape index (κ3) is 4.68. The molecule has 2 aromatic carbocycles. The SMILES string of the molecule is Cc1cccc(OCC(=O)N2CCCN(C(=O)c3cccc(F)c3)CC2)c1C. The number of carbonyl (C=O) groups excluding carboxylic acids is 2. The largest absolute Gasteiger partial charge is 0.483 e. The van der Waals surface area contributed by atoms with Crippen molar-refractivity contribution in [2.45, 2.75) is 20.3 Å². The van der Waals surface area contributed by atoms with Gasteiger partial charge in [-0.05, 0) is 55.7 Å². The van der Waals surface area contributed by atoms with Crippen LogP contribution >= 0.6 is 0 Å². The zero-order valence-corrected chi connectivity index (χ0v) is 16.3. The van der Waals surface area contributed by atoms with E-state index in [0.717, 1.165) is 11.1 Å². The monoisotopic (exact) mass is 384 g/mol. The molecular formula is C22H25FN2O3. The van der Waals surface area contributed by atoms with Crippen molar-refractivity contribution in [1.29, 1.82) is 0 Å². The number of hydrogen-bond acceptors (Lipinski definition) is 3. The molecule has 3 rings (SSSR count). The number of amides is 2. The molecule has 0 N–H and O–H groups in total. The van der Waals surface area contributed by atoms with Crippen LogP contribution in [0.4, 0.5) is 4.39 Å². The normalized spacial score (nSPS) is 14.5. The Morgan fingerprint density at radius 2 is 1.71 bits per heavy atom. The quantitative estimate of drug-likeness (QED) is 0.813. The molecule has 28 heavy (non-hydrogen) atoms. The van der Waals surface area contributed by atoms with E-state index in [0.29, 0.717) is 43.9 Å². The molecule has 0 bridgehead atoms. The van der Waals surface area contributed by atoms with Crippen LogP contribution in [0.2, 0.25) is 0 Å². The molecule has 0 spiro atoms. The van der Waals surface area contributed by atoms with Gasteiger partial charge >= 0.3 is 0 Å². The van der Waals surface area contributed by atoms with Crippen LogP contribution < -0.4 is 4.74 Å². The third-order valence-electron chi connectivity index (χ3n) is 5.11. The summed E-state index contributed by atoms with van der Waals surface area (Å²) in [5, 5.41) is 0. The molecule has 0 aromatic heterocycles. The topological polar surface area (TPSA) is 49.9 Å². The van der Waals surface area contributed by atoms with E-state index in [2.05, 4.69) is 0 Å². The number of carbonyl (C=O) groups is 2. The Kier molecular flexibility index (Phi) is 6.29. The van der Waals surface area contributed by atoms with E-state index in [1.807, 2.05) is 32.0 Å². The highest BCUT2D eigenvalue weighted by Gasteiger charge is 2.23. The Bertz CT molecular complexity index is 869. The molecule has 0 atom stereocenters. The van der Waals surface area contributed by atoms with E-state index in [1.165, 1.54) is 18.2 Å². The first-order chi connectivity index (χ1) is 13.5. The maximum absolute atomic E-state index is 13.4. The average molecular weight is 384 g/mol. The predicted molar refractivity (Wildman–Crippen MR) is 105 cm³/mol. The molecule has 1 saturated heterocycles. The fourth-order valence-corrected chi connectivity index (χ4v) is 3.29. The summed E-state index contributed by atoms with van der Waals surface area (Å²) in [4.78, 5) is 28.6. The highest BCUT2D eigenvalue weighted by molar-refractivity contribution is 5.94. The minimum Gasteiger partial charge on any atom is -0.483 e. The zero-order chi connectivity index (χ0) is 20.1. The van der Waals surface area contributed by atoms with Crippen molar-refractivity contribution in [3.8, 4) is 5.75 Å². The van der Waals surface area contributed by atoms with Crippen LogP contribution in [0.1, 0.15) is 27.9 Å². The van der Waals surface area contributed by atoms with Gasteiger partial charge in [0.1, 0.15) is 11.6 Å². The van der Waals surface area contributed by atoms with Gasteiger partial charge in [-0.2, -0.15) is 0 Å². The Hall–Kier alpha value is -2.89. The molecule has 5 nitrogen and oxygen atoms in total. The van der Waals surface area contributed by atoms with Gasteiger partial charge < -0.3 is 14.5 Å². The summed E-state index contributed by atoms with van der Waals surface area (Å²) in [5.74, 6) is -0.0199. The Morgan fingerprint density at radius 3 is 2.50 bits per heavy atom. The summed E-state index contributed by atoms with van der Waals surface area (Å²) in [7, 11) is 0. The summed E-state index contributed by atoms with van der Waals surface area (Å²) in [5.41, 5.74) is 2.47. The minimum absolute atomic E-state index is 0.0257. The second-order valence-corrected chi connectivity index (χ2v) is 7.02. The summed E-state index contributed by atoms with van der Waals surface area (Å²) in [6, 6.07) is 11.5. The van der Waals surface area contributed by atoms with Gasteiger partial charge in [0.05, 0.1) is 0 Å². The van der Waals surface area contributed by atoms with Gasteiger partial charge in [0, 0.05) is 31.7 Å². The molecule has 6 heteroatoms. The number of hydrogen-bond donors (Lipinski definition) is 0. The Morgan fingerprint density at radius 1 is 1.00 bits per heavy atom. The molecule has 0 unspecified atom stereocenters. The standard InChI is InChI=1S/C22H25FN2O3/c1-16-6-3-9-20(17(16)2)28-15-21(26)24-10-5-11-25(13-12-24)22(27)18-7-4-8-19(23)14-18/h3-4,6-9,14H,5,10-13,15H2,1-2H3. The lowest BCUT2D eigenvalue weighted by molar-refractivity contribution is -0.133. The molecule has 0 aliphatic carbocycles. The van der Waals surface area contributed by atoms with Crippen molar-refractivity contribution in [1.82, 2.24) is 9.80 Å². The molecule has 0 saturated carbocycles. The minimum atomic E-state index is -0.430. The Balaban J connectivity index is 1.56. The van der Waals surface area contributed by atoms with Crippen molar-refractivity contribution in [3.05, 3.63) is 65.0 Å². The third-order valence-corrected chi connectivity index (χ3v) is 5.11. The molecule has 2 aromatic rings. The number of benzene rings is 2. The highest BCUT2D eigenvalue weighted by atomic mass is 19.1. The summed E-state index contributed by atoms with van der Waals surface area (Å²) in [6.45, 7) is 5.92. The van der Waals surface area contributed by atoms with E-state index in [4.69, 9.17) is 4.74 Å². The van der Waals surface area contributed by atoms with E-state index in [-0.39, 0.29) is 18.4 Å². The van der Waals surface area contributed by atoms with Crippen LogP contribution in [0.15, 0.2) is 42.5 Å². The number of nitrogens with zero attached hydrogens (tertiary/aromatic N) is 2.